The molecule has 2 atom stereocenters. The average molecular weight is 228 g/mol. The van der Waals surface area contributed by atoms with Crippen LogP contribution in [0.5, 0.6) is 0 Å². The minimum Gasteiger partial charge on any atom is -0.303 e. The van der Waals surface area contributed by atoms with Gasteiger partial charge in [0.05, 0.1) is 0 Å². The Balaban J connectivity index is 2.01. The molecule has 1 aromatic rings. The van der Waals surface area contributed by atoms with Crippen LogP contribution in [0.25, 0.3) is 0 Å². The Morgan fingerprint density at radius 3 is 2.53 bits per heavy atom. The molecule has 2 aliphatic carbocycles. The predicted octanol–water partition coefficient (Wildman–Crippen LogP) is 3.64. The molecule has 0 aliphatic heterocycles. The highest BCUT2D eigenvalue weighted by molar-refractivity contribution is 5.65. The van der Waals surface area contributed by atoms with E-state index < -0.39 is 0 Å². The second-order valence-corrected chi connectivity index (χ2v) is 5.78. The monoisotopic (exact) mass is 228 g/mol. The fourth-order valence-corrected chi connectivity index (χ4v) is 4.01. The zero-order valence-corrected chi connectivity index (χ0v) is 10.5. The summed E-state index contributed by atoms with van der Waals surface area (Å²) in [6.07, 6.45) is 7.63. The first-order valence-corrected chi connectivity index (χ1v) is 6.80. The van der Waals surface area contributed by atoms with Crippen LogP contribution in [0.15, 0.2) is 24.3 Å². The van der Waals surface area contributed by atoms with E-state index in [1.165, 1.54) is 43.1 Å². The van der Waals surface area contributed by atoms with E-state index in [-0.39, 0.29) is 11.3 Å². The van der Waals surface area contributed by atoms with E-state index >= 15 is 0 Å². The number of benzene rings is 1. The Hall–Kier alpha value is -1.11. The molecule has 2 aliphatic rings. The average Bonchev–Trinajstić information content (AvgIpc) is 2.83. The summed E-state index contributed by atoms with van der Waals surface area (Å²) in [7, 11) is 0. The summed E-state index contributed by atoms with van der Waals surface area (Å²) < 4.78 is 0. The topological polar surface area (TPSA) is 17.1 Å². The maximum absolute atomic E-state index is 11.2. The lowest BCUT2D eigenvalue weighted by molar-refractivity contribution is -0.109. The van der Waals surface area contributed by atoms with Gasteiger partial charge in [0, 0.05) is 11.3 Å². The summed E-state index contributed by atoms with van der Waals surface area (Å²) in [4.78, 5) is 11.2. The second kappa shape index (κ2) is 3.97. The van der Waals surface area contributed by atoms with Crippen molar-refractivity contribution in [1.29, 1.82) is 0 Å². The number of aldehydes is 1. The highest BCUT2D eigenvalue weighted by Gasteiger charge is 2.60. The molecular formula is C16H20O. The number of hydrogen-bond acceptors (Lipinski definition) is 1. The van der Waals surface area contributed by atoms with Crippen LogP contribution in [0, 0.1) is 18.8 Å². The third-order valence-electron chi connectivity index (χ3n) is 4.95. The van der Waals surface area contributed by atoms with Gasteiger partial charge in [-0.15, -0.1) is 0 Å². The van der Waals surface area contributed by atoms with Crippen LogP contribution in [0.4, 0.5) is 0 Å². The van der Waals surface area contributed by atoms with Gasteiger partial charge in [-0.2, -0.15) is 0 Å². The standard InChI is InChI=1S/C16H20O/c1-12-6-2-5-9-15(12)16(10-14(16)11-17)13-7-3-4-8-13/h2,5-6,9,11,13-14H,3-4,7-8,10H2,1H3. The van der Waals surface area contributed by atoms with E-state index in [4.69, 9.17) is 0 Å². The van der Waals surface area contributed by atoms with Crippen LogP contribution < -0.4 is 0 Å². The Morgan fingerprint density at radius 1 is 1.24 bits per heavy atom. The van der Waals surface area contributed by atoms with Gasteiger partial charge >= 0.3 is 0 Å². The number of carbonyl (C=O) groups excluding carboxylic acids is 1. The maximum atomic E-state index is 11.2. The molecular weight excluding hydrogens is 208 g/mol. The summed E-state index contributed by atoms with van der Waals surface area (Å²) in [6.45, 7) is 2.19. The highest BCUT2D eigenvalue weighted by atomic mass is 16.1. The van der Waals surface area contributed by atoms with Crippen molar-refractivity contribution in [2.24, 2.45) is 11.8 Å². The minimum atomic E-state index is 0.212. The van der Waals surface area contributed by atoms with Gasteiger partial charge in [-0.05, 0) is 43.2 Å². The first kappa shape index (κ1) is 11.0. The summed E-state index contributed by atoms with van der Waals surface area (Å²) in [6, 6.07) is 8.65. The van der Waals surface area contributed by atoms with Crippen molar-refractivity contribution in [3.8, 4) is 0 Å². The summed E-state index contributed by atoms with van der Waals surface area (Å²) in [5.74, 6) is 1.03. The van der Waals surface area contributed by atoms with Crippen molar-refractivity contribution >= 4 is 6.29 Å². The normalized spacial score (nSPS) is 32.6. The van der Waals surface area contributed by atoms with Gasteiger partial charge < -0.3 is 4.79 Å². The molecule has 1 aromatic carbocycles. The van der Waals surface area contributed by atoms with Crippen LogP contribution >= 0.6 is 0 Å². The Kier molecular flexibility index (Phi) is 2.57. The van der Waals surface area contributed by atoms with Crippen LogP contribution in [0.3, 0.4) is 0 Å². The lowest BCUT2D eigenvalue weighted by atomic mass is 9.78. The van der Waals surface area contributed by atoms with Gasteiger partial charge in [0.15, 0.2) is 0 Å². The van der Waals surface area contributed by atoms with E-state index in [0.717, 1.165) is 12.3 Å². The van der Waals surface area contributed by atoms with Gasteiger partial charge in [-0.1, -0.05) is 37.1 Å². The number of carbonyl (C=O) groups is 1. The van der Waals surface area contributed by atoms with Gasteiger partial charge in [0.1, 0.15) is 6.29 Å². The molecule has 90 valence electrons. The summed E-state index contributed by atoms with van der Waals surface area (Å²) in [5.41, 5.74) is 3.02. The molecule has 0 aromatic heterocycles. The van der Waals surface area contributed by atoms with E-state index in [1.807, 2.05) is 0 Å². The lowest BCUT2D eigenvalue weighted by Gasteiger charge is -2.26. The van der Waals surface area contributed by atoms with E-state index in [1.54, 1.807) is 0 Å². The zero-order chi connectivity index (χ0) is 11.9. The fourth-order valence-electron chi connectivity index (χ4n) is 4.01. The van der Waals surface area contributed by atoms with E-state index in [2.05, 4.69) is 31.2 Å². The summed E-state index contributed by atoms with van der Waals surface area (Å²) in [5, 5.41) is 0. The Bertz CT molecular complexity index is 431. The molecule has 0 N–H and O–H groups in total. The van der Waals surface area contributed by atoms with Crippen molar-refractivity contribution in [2.45, 2.75) is 44.4 Å². The first-order chi connectivity index (χ1) is 8.29. The Morgan fingerprint density at radius 2 is 1.94 bits per heavy atom. The molecule has 3 rings (SSSR count). The quantitative estimate of drug-likeness (QED) is 0.722. The molecule has 2 saturated carbocycles. The van der Waals surface area contributed by atoms with Crippen LogP contribution in [0.1, 0.15) is 43.2 Å². The van der Waals surface area contributed by atoms with Gasteiger partial charge in [-0.25, -0.2) is 0 Å². The smallest absolute Gasteiger partial charge is 0.124 e. The molecule has 0 bridgehead atoms. The molecule has 0 radical (unpaired) electrons. The van der Waals surface area contributed by atoms with Crippen molar-refractivity contribution in [2.75, 3.05) is 0 Å². The SMILES string of the molecule is Cc1ccccc1C1(C2CCCC2)CC1C=O. The minimum absolute atomic E-state index is 0.212. The fraction of sp³-hybridized carbons (Fsp3) is 0.562. The third kappa shape index (κ3) is 1.55. The molecule has 1 nitrogen and oxygen atoms in total. The number of aryl methyl sites for hydroxylation is 1. The molecule has 0 heterocycles. The van der Waals surface area contributed by atoms with Crippen molar-refractivity contribution in [3.05, 3.63) is 35.4 Å². The van der Waals surface area contributed by atoms with Gasteiger partial charge in [-0.3, -0.25) is 0 Å². The van der Waals surface area contributed by atoms with Crippen molar-refractivity contribution in [1.82, 2.24) is 0 Å². The number of rotatable bonds is 3. The second-order valence-electron chi connectivity index (χ2n) is 5.78. The molecule has 17 heavy (non-hydrogen) atoms. The Labute approximate surface area is 103 Å². The van der Waals surface area contributed by atoms with Crippen LogP contribution in [-0.2, 0) is 10.2 Å². The van der Waals surface area contributed by atoms with E-state index in [9.17, 15) is 4.79 Å². The first-order valence-electron chi connectivity index (χ1n) is 6.80. The maximum Gasteiger partial charge on any atom is 0.124 e. The lowest BCUT2D eigenvalue weighted by Crippen LogP contribution is -2.22. The highest BCUT2D eigenvalue weighted by Crippen LogP contribution is 2.62. The molecule has 1 heteroatoms. The van der Waals surface area contributed by atoms with Crippen molar-refractivity contribution < 1.29 is 4.79 Å². The van der Waals surface area contributed by atoms with Gasteiger partial charge in [0.2, 0.25) is 0 Å². The molecule has 2 fully saturated rings. The van der Waals surface area contributed by atoms with Crippen molar-refractivity contribution in [3.63, 3.8) is 0 Å². The summed E-state index contributed by atoms with van der Waals surface area (Å²) >= 11 is 0. The molecule has 0 saturated heterocycles. The predicted molar refractivity (Wildman–Crippen MR) is 69.0 cm³/mol. The van der Waals surface area contributed by atoms with Crippen LogP contribution in [0.2, 0.25) is 0 Å². The third-order valence-corrected chi connectivity index (χ3v) is 4.95. The van der Waals surface area contributed by atoms with E-state index in [0.29, 0.717) is 0 Å². The number of hydrogen-bond donors (Lipinski definition) is 0. The van der Waals surface area contributed by atoms with Gasteiger partial charge in [0.25, 0.3) is 0 Å². The molecule has 0 spiro atoms. The van der Waals surface area contributed by atoms with Crippen LogP contribution in [-0.4, -0.2) is 6.29 Å². The molecule has 0 amide bonds. The molecule has 2 unspecified atom stereocenters. The zero-order valence-electron chi connectivity index (χ0n) is 10.5. The largest absolute Gasteiger partial charge is 0.303 e.